The molecule has 0 bridgehead atoms. The van der Waals surface area contributed by atoms with Crippen LogP contribution in [0.15, 0.2) is 6.33 Å². The first-order valence-electron chi connectivity index (χ1n) is 14.5. The number of nitrogens with two attached hydrogens (primary N) is 1. The lowest BCUT2D eigenvalue weighted by molar-refractivity contribution is -0.145. The van der Waals surface area contributed by atoms with Gasteiger partial charge >= 0.3 is 11.9 Å². The molecule has 7 atom stereocenters. The zero-order valence-electron chi connectivity index (χ0n) is 24.8. The van der Waals surface area contributed by atoms with Crippen LogP contribution >= 0.6 is 8.22 Å². The normalized spacial score (nSPS) is 26.8. The molecule has 0 amide bonds. The number of esters is 2. The van der Waals surface area contributed by atoms with Gasteiger partial charge in [-0.1, -0.05) is 26.7 Å². The molecule has 16 nitrogen and oxygen atoms in total. The number of nitrogens with one attached hydrogen (secondary N) is 2. The predicted molar refractivity (Wildman–Crippen MR) is 154 cm³/mol. The Morgan fingerprint density at radius 2 is 1.74 bits per heavy atom. The third-order valence-electron chi connectivity index (χ3n) is 7.19. The van der Waals surface area contributed by atoms with Gasteiger partial charge in [0.25, 0.3) is 0 Å². The van der Waals surface area contributed by atoms with Crippen LogP contribution in [0.2, 0.25) is 0 Å². The zero-order valence-corrected chi connectivity index (χ0v) is 25.7. The molecule has 4 rings (SSSR count). The van der Waals surface area contributed by atoms with E-state index in [2.05, 4.69) is 25.1 Å². The maximum atomic E-state index is 12.9. The van der Waals surface area contributed by atoms with Crippen molar-refractivity contribution >= 4 is 37.1 Å². The Morgan fingerprint density at radius 3 is 2.33 bits per heavy atom. The molecule has 2 aliphatic rings. The molecule has 0 radical (unpaired) electrons. The van der Waals surface area contributed by atoms with Crippen molar-refractivity contribution in [2.75, 3.05) is 25.6 Å². The van der Waals surface area contributed by atoms with Crippen LogP contribution < -0.4 is 15.9 Å². The maximum Gasteiger partial charge on any atom is 0.323 e. The Balaban J connectivity index is 1.74. The summed E-state index contributed by atoms with van der Waals surface area (Å²) < 4.78 is 23.7. The summed E-state index contributed by atoms with van der Waals surface area (Å²) in [5, 5.41) is 39.3. The first kappa shape index (κ1) is 33.3. The molecule has 2 aromatic heterocycles. The van der Waals surface area contributed by atoms with Crippen LogP contribution in [0.5, 0.6) is 0 Å². The summed E-state index contributed by atoms with van der Waals surface area (Å²) in [7, 11) is -1.88. The topological polar surface area (TPSA) is 229 Å². The smallest absolute Gasteiger partial charge is 0.323 e. The summed E-state index contributed by atoms with van der Waals surface area (Å²) in [4.78, 5) is 38.6. The van der Waals surface area contributed by atoms with E-state index in [4.69, 9.17) is 24.7 Å². The Labute approximate surface area is 250 Å². The van der Waals surface area contributed by atoms with Gasteiger partial charge in [0.05, 0.1) is 28.0 Å². The lowest BCUT2D eigenvalue weighted by Crippen LogP contribution is -2.42. The molecule has 0 aromatic carbocycles. The highest BCUT2D eigenvalue weighted by Crippen LogP contribution is 2.51. The SMILES string of the molecule is CCCCOC(=O)[C@H](C)NP(N[C@@H](C)C(=O)OCCCC)C1OCC[C@@H](O)[C@@]2(O)O[C@H]2C(O)n2c1nc1c(N)ncnc12. The van der Waals surface area contributed by atoms with Gasteiger partial charge < -0.3 is 40.0 Å². The fourth-order valence-electron chi connectivity index (χ4n) is 4.57. The van der Waals surface area contributed by atoms with Crippen LogP contribution in [-0.4, -0.2) is 96.7 Å². The highest BCUT2D eigenvalue weighted by Gasteiger charge is 2.65. The van der Waals surface area contributed by atoms with Gasteiger partial charge in [0.2, 0.25) is 5.79 Å². The van der Waals surface area contributed by atoms with Crippen molar-refractivity contribution in [1.29, 1.82) is 0 Å². The number of ether oxygens (including phenoxy) is 4. The van der Waals surface area contributed by atoms with Gasteiger partial charge in [-0.25, -0.2) is 15.0 Å². The van der Waals surface area contributed by atoms with Crippen LogP contribution in [0.25, 0.3) is 11.2 Å². The van der Waals surface area contributed by atoms with Gasteiger partial charge in [-0.3, -0.25) is 24.3 Å². The number of rotatable bonds is 13. The van der Waals surface area contributed by atoms with Crippen LogP contribution in [0.1, 0.15) is 77.7 Å². The van der Waals surface area contributed by atoms with Gasteiger partial charge in [-0.2, -0.15) is 0 Å². The lowest BCUT2D eigenvalue weighted by atomic mass is 10.1. The lowest BCUT2D eigenvalue weighted by Gasteiger charge is -2.33. The van der Waals surface area contributed by atoms with E-state index in [1.807, 2.05) is 13.8 Å². The van der Waals surface area contributed by atoms with Crippen molar-refractivity contribution in [2.24, 2.45) is 0 Å². The van der Waals surface area contributed by atoms with Crippen LogP contribution in [-0.2, 0) is 28.5 Å². The first-order chi connectivity index (χ1) is 20.5. The van der Waals surface area contributed by atoms with E-state index in [0.29, 0.717) is 12.8 Å². The molecule has 7 N–H and O–H groups in total. The molecule has 2 aromatic rings. The highest BCUT2D eigenvalue weighted by molar-refractivity contribution is 7.53. The Hall–Kier alpha value is -2.56. The second-order valence-electron chi connectivity index (χ2n) is 10.6. The Kier molecular flexibility index (Phi) is 11.2. The van der Waals surface area contributed by atoms with E-state index < -0.39 is 62.3 Å². The number of imidazole rings is 1. The summed E-state index contributed by atoms with van der Waals surface area (Å²) in [6.07, 6.45) is 0.121. The molecule has 1 saturated heterocycles. The van der Waals surface area contributed by atoms with E-state index in [1.54, 1.807) is 13.8 Å². The number of aromatic nitrogens is 4. The average Bonchev–Trinajstić information content (AvgIpc) is 3.53. The van der Waals surface area contributed by atoms with Crippen molar-refractivity contribution in [1.82, 2.24) is 29.7 Å². The van der Waals surface area contributed by atoms with E-state index in [0.717, 1.165) is 12.8 Å². The second-order valence-corrected chi connectivity index (χ2v) is 12.3. The Morgan fingerprint density at radius 1 is 1.14 bits per heavy atom. The van der Waals surface area contributed by atoms with E-state index in [-0.39, 0.29) is 49.0 Å². The molecule has 17 heteroatoms. The highest BCUT2D eigenvalue weighted by atomic mass is 31.1. The van der Waals surface area contributed by atoms with E-state index in [1.165, 1.54) is 10.9 Å². The summed E-state index contributed by atoms with van der Waals surface area (Å²) in [5.74, 6) is -3.91. The summed E-state index contributed by atoms with van der Waals surface area (Å²) in [6.45, 7) is 7.65. The molecule has 0 saturated carbocycles. The number of anilines is 1. The summed E-state index contributed by atoms with van der Waals surface area (Å²) >= 11 is 0. The molecule has 1 fully saturated rings. The summed E-state index contributed by atoms with van der Waals surface area (Å²) in [5.41, 5.74) is 6.39. The third-order valence-corrected chi connectivity index (χ3v) is 9.37. The number of aliphatic hydroxyl groups excluding tert-OH is 2. The minimum absolute atomic E-state index is 0.0313. The number of aliphatic hydroxyl groups is 3. The minimum Gasteiger partial charge on any atom is -0.465 e. The largest absolute Gasteiger partial charge is 0.465 e. The zero-order chi connectivity index (χ0) is 31.3. The molecular formula is C26H42N7O9P. The van der Waals surface area contributed by atoms with Gasteiger partial charge in [0.15, 0.2) is 35.2 Å². The molecule has 2 unspecified atom stereocenters. The number of epoxide rings is 1. The van der Waals surface area contributed by atoms with Crippen molar-refractivity contribution in [3.63, 3.8) is 0 Å². The molecule has 0 spiro atoms. The van der Waals surface area contributed by atoms with Crippen LogP contribution in [0.3, 0.4) is 0 Å². The third kappa shape index (κ3) is 7.40. The van der Waals surface area contributed by atoms with E-state index >= 15 is 0 Å². The Bertz CT molecular complexity index is 1240. The monoisotopic (exact) mass is 627 g/mol. The molecule has 4 heterocycles. The number of hydrogen-bond acceptors (Lipinski definition) is 15. The fraction of sp³-hybridized carbons (Fsp3) is 0.731. The molecule has 240 valence electrons. The molecular weight excluding hydrogens is 585 g/mol. The average molecular weight is 628 g/mol. The van der Waals surface area contributed by atoms with Crippen LogP contribution in [0.4, 0.5) is 5.82 Å². The van der Waals surface area contributed by atoms with Gasteiger partial charge in [-0.05, 0) is 26.7 Å². The number of fused-ring (bicyclic) bond motifs is 4. The number of nitrogens with zero attached hydrogens (tertiary/aromatic N) is 4. The van der Waals surface area contributed by atoms with Crippen molar-refractivity contribution < 1.29 is 43.9 Å². The van der Waals surface area contributed by atoms with Crippen LogP contribution in [0, 0.1) is 0 Å². The number of carbonyl (C=O) groups excluding carboxylic acids is 2. The van der Waals surface area contributed by atoms with E-state index in [9.17, 15) is 24.9 Å². The first-order valence-corrected chi connectivity index (χ1v) is 16.0. The fourth-order valence-corrected chi connectivity index (χ4v) is 6.63. The standard InChI is InChI=1S/C26H42N7O9P/c1-5-7-10-39-23(36)14(3)31-43(32-15(4)24(37)40-11-8-6-2)25-21-30-17-19(27)28-13-29-20(17)33(21)22(35)18-26(38,42-18)16(34)9-12-41-25/h13-16,18,22,25,31-32,34-35,38H,5-12H2,1-4H3,(H2,27,28,29)/t14-,15-,16+,18-,22?,25?,26+/m0/s1. The molecule has 0 aliphatic carbocycles. The van der Waals surface area contributed by atoms with Gasteiger partial charge in [0, 0.05) is 6.42 Å². The minimum atomic E-state index is -2.00. The van der Waals surface area contributed by atoms with Gasteiger partial charge in [-0.15, -0.1) is 0 Å². The quantitative estimate of drug-likeness (QED) is 0.0778. The number of unbranched alkanes of at least 4 members (excludes halogenated alkanes) is 2. The van der Waals surface area contributed by atoms with Crippen molar-refractivity contribution in [3.05, 3.63) is 12.2 Å². The number of hydrogen-bond donors (Lipinski definition) is 6. The number of nitrogen functional groups attached to an aromatic ring is 1. The number of carbonyl (C=O) groups is 2. The molecule has 43 heavy (non-hydrogen) atoms. The van der Waals surface area contributed by atoms with Gasteiger partial charge in [0.1, 0.15) is 30.3 Å². The molecule has 2 aliphatic heterocycles. The van der Waals surface area contributed by atoms with Crippen molar-refractivity contribution in [2.45, 2.75) is 102 Å². The second kappa shape index (κ2) is 14.5. The predicted octanol–water partition coefficient (Wildman–Crippen LogP) is 0.721. The summed E-state index contributed by atoms with van der Waals surface area (Å²) in [6, 6.07) is -1.68. The maximum absolute atomic E-state index is 12.9. The van der Waals surface area contributed by atoms with Crippen molar-refractivity contribution in [3.8, 4) is 0 Å².